The number of rotatable bonds is 4. The molecule has 0 atom stereocenters. The molecule has 0 unspecified atom stereocenters. The normalized spacial score (nSPS) is 20.4. The van der Waals surface area contributed by atoms with E-state index in [2.05, 4.69) is 32.3 Å². The molecule has 2 aliphatic rings. The molecule has 1 fully saturated rings. The van der Waals surface area contributed by atoms with Crippen LogP contribution in [0.1, 0.15) is 6.42 Å². The van der Waals surface area contributed by atoms with Gasteiger partial charge in [0.1, 0.15) is 6.67 Å². The van der Waals surface area contributed by atoms with Crippen molar-refractivity contribution in [3.8, 4) is 0 Å². The molecule has 0 amide bonds. The Balaban J connectivity index is 1.36. The van der Waals surface area contributed by atoms with Crippen LogP contribution in [0.4, 0.5) is 5.82 Å². The van der Waals surface area contributed by atoms with Crippen molar-refractivity contribution in [1.29, 1.82) is 0 Å². The van der Waals surface area contributed by atoms with Crippen LogP contribution in [-0.2, 0) is 6.67 Å². The van der Waals surface area contributed by atoms with Crippen LogP contribution >= 0.6 is 11.8 Å². The number of likely N-dealkylation sites (N-methyl/N-ethyl adjacent to an activating group) is 1. The molecule has 6 nitrogen and oxygen atoms in total. The summed E-state index contributed by atoms with van der Waals surface area (Å²) in [4.78, 5) is 9.51. The molecule has 0 bridgehead atoms. The summed E-state index contributed by atoms with van der Waals surface area (Å²) in [5.74, 6) is 2.07. The van der Waals surface area contributed by atoms with E-state index >= 15 is 0 Å². The Labute approximate surface area is 124 Å². The van der Waals surface area contributed by atoms with Crippen molar-refractivity contribution in [2.75, 3.05) is 45.5 Å². The quantitative estimate of drug-likeness (QED) is 0.833. The Morgan fingerprint density at radius 3 is 3.00 bits per heavy atom. The standard InChI is InChI=1S/C13H22N6S/c1-17-6-8-18(9-7-17)5-2-10-20-13-14-11-19-12(16-13)3-4-15-19/h3-4H,2,5-11H2,1H3,(H,14,16). The topological polar surface area (TPSA) is 48.7 Å². The first-order valence-electron chi connectivity index (χ1n) is 7.19. The lowest BCUT2D eigenvalue weighted by molar-refractivity contribution is 0.154. The van der Waals surface area contributed by atoms with E-state index in [-0.39, 0.29) is 0 Å². The van der Waals surface area contributed by atoms with Crippen molar-refractivity contribution < 1.29 is 0 Å². The van der Waals surface area contributed by atoms with Gasteiger partial charge in [0.05, 0.1) is 6.20 Å². The lowest BCUT2D eigenvalue weighted by atomic mass is 10.3. The molecule has 20 heavy (non-hydrogen) atoms. The molecule has 7 heteroatoms. The second kappa shape index (κ2) is 6.60. The van der Waals surface area contributed by atoms with E-state index < -0.39 is 0 Å². The summed E-state index contributed by atoms with van der Waals surface area (Å²) in [5.41, 5.74) is 0. The van der Waals surface area contributed by atoms with E-state index in [1.54, 1.807) is 6.20 Å². The van der Waals surface area contributed by atoms with Gasteiger partial charge in [-0.1, -0.05) is 11.8 Å². The summed E-state index contributed by atoms with van der Waals surface area (Å²) in [7, 11) is 2.20. The third-order valence-electron chi connectivity index (χ3n) is 3.74. The summed E-state index contributed by atoms with van der Waals surface area (Å²) < 4.78 is 1.87. The van der Waals surface area contributed by atoms with Gasteiger partial charge in [0.25, 0.3) is 0 Å². The van der Waals surface area contributed by atoms with Crippen LogP contribution in [0.3, 0.4) is 0 Å². The largest absolute Gasteiger partial charge is 0.345 e. The molecule has 1 saturated heterocycles. The molecule has 1 aromatic rings. The first-order chi connectivity index (χ1) is 9.81. The lowest BCUT2D eigenvalue weighted by Crippen LogP contribution is -2.44. The maximum atomic E-state index is 4.55. The summed E-state index contributed by atoms with van der Waals surface area (Å²) >= 11 is 1.81. The Bertz CT molecular complexity index is 463. The van der Waals surface area contributed by atoms with E-state index in [0.29, 0.717) is 0 Å². The molecule has 0 aliphatic carbocycles. The number of thioether (sulfide) groups is 1. The number of nitrogens with zero attached hydrogens (tertiary/aromatic N) is 5. The molecular weight excluding hydrogens is 272 g/mol. The first-order valence-corrected chi connectivity index (χ1v) is 8.18. The summed E-state index contributed by atoms with van der Waals surface area (Å²) in [6.07, 6.45) is 3.01. The Morgan fingerprint density at radius 1 is 1.30 bits per heavy atom. The SMILES string of the molecule is CN1CCN(CCCSC2=Nc3ccnn3CN2)CC1. The molecule has 1 N–H and O–H groups in total. The minimum absolute atomic E-state index is 0.729. The molecule has 0 saturated carbocycles. The van der Waals surface area contributed by atoms with Gasteiger partial charge in [0.15, 0.2) is 11.0 Å². The van der Waals surface area contributed by atoms with Crippen LogP contribution in [0.5, 0.6) is 0 Å². The van der Waals surface area contributed by atoms with E-state index in [0.717, 1.165) is 23.4 Å². The van der Waals surface area contributed by atoms with Crippen molar-refractivity contribution in [3.05, 3.63) is 12.3 Å². The monoisotopic (exact) mass is 294 g/mol. The maximum Gasteiger partial charge on any atom is 0.164 e. The highest BCUT2D eigenvalue weighted by molar-refractivity contribution is 8.13. The third kappa shape index (κ3) is 3.53. The molecule has 1 aromatic heterocycles. The van der Waals surface area contributed by atoms with Gasteiger partial charge in [-0.05, 0) is 20.0 Å². The Hall–Kier alpha value is -1.05. The van der Waals surface area contributed by atoms with Crippen molar-refractivity contribution >= 4 is 22.7 Å². The zero-order valence-electron chi connectivity index (χ0n) is 12.0. The average Bonchev–Trinajstić information content (AvgIpc) is 2.93. The average molecular weight is 294 g/mol. The van der Waals surface area contributed by atoms with Crippen molar-refractivity contribution in [3.63, 3.8) is 0 Å². The minimum Gasteiger partial charge on any atom is -0.345 e. The number of aromatic nitrogens is 2. The summed E-state index contributed by atoms with van der Waals surface area (Å²) in [5, 5.41) is 8.51. The molecule has 0 spiro atoms. The zero-order valence-corrected chi connectivity index (χ0v) is 12.8. The third-order valence-corrected chi connectivity index (χ3v) is 4.75. The van der Waals surface area contributed by atoms with Crippen LogP contribution in [0.25, 0.3) is 0 Å². The van der Waals surface area contributed by atoms with Gasteiger partial charge >= 0.3 is 0 Å². The summed E-state index contributed by atoms with van der Waals surface area (Å²) in [6, 6.07) is 1.95. The van der Waals surface area contributed by atoms with E-state index in [1.807, 2.05) is 22.5 Å². The van der Waals surface area contributed by atoms with Crippen molar-refractivity contribution in [2.24, 2.45) is 4.99 Å². The predicted octanol–water partition coefficient (Wildman–Crippen LogP) is 0.802. The van der Waals surface area contributed by atoms with Crippen LogP contribution in [0.15, 0.2) is 17.3 Å². The first kappa shape index (κ1) is 13.9. The van der Waals surface area contributed by atoms with Gasteiger partial charge in [0.2, 0.25) is 0 Å². The van der Waals surface area contributed by atoms with Gasteiger partial charge in [-0.25, -0.2) is 9.67 Å². The van der Waals surface area contributed by atoms with Gasteiger partial charge < -0.3 is 15.1 Å². The van der Waals surface area contributed by atoms with Crippen LogP contribution < -0.4 is 5.32 Å². The van der Waals surface area contributed by atoms with Gasteiger partial charge in [-0.2, -0.15) is 5.10 Å². The molecular formula is C13H22N6S. The number of aliphatic imine (C=N–C) groups is 1. The van der Waals surface area contributed by atoms with E-state index in [4.69, 9.17) is 0 Å². The number of hydrogen-bond acceptors (Lipinski definition) is 6. The van der Waals surface area contributed by atoms with Crippen LogP contribution in [0, 0.1) is 0 Å². The van der Waals surface area contributed by atoms with Crippen LogP contribution in [-0.4, -0.2) is 70.3 Å². The zero-order chi connectivity index (χ0) is 13.8. The van der Waals surface area contributed by atoms with E-state index in [1.165, 1.54) is 39.1 Å². The molecule has 3 heterocycles. The maximum absolute atomic E-state index is 4.55. The fourth-order valence-corrected chi connectivity index (χ4v) is 3.23. The Morgan fingerprint density at radius 2 is 2.15 bits per heavy atom. The van der Waals surface area contributed by atoms with Crippen molar-refractivity contribution in [1.82, 2.24) is 24.9 Å². The second-order valence-electron chi connectivity index (χ2n) is 5.29. The number of amidine groups is 1. The van der Waals surface area contributed by atoms with Crippen molar-refractivity contribution in [2.45, 2.75) is 13.1 Å². The highest BCUT2D eigenvalue weighted by Gasteiger charge is 2.14. The fourth-order valence-electron chi connectivity index (χ4n) is 2.44. The number of piperazine rings is 1. The van der Waals surface area contributed by atoms with Gasteiger partial charge in [-0.15, -0.1) is 0 Å². The number of fused-ring (bicyclic) bond motifs is 1. The highest BCUT2D eigenvalue weighted by Crippen LogP contribution is 2.18. The molecule has 0 radical (unpaired) electrons. The second-order valence-corrected chi connectivity index (χ2v) is 6.37. The van der Waals surface area contributed by atoms with Gasteiger partial charge in [0, 0.05) is 38.0 Å². The number of hydrogen-bond donors (Lipinski definition) is 1. The molecule has 110 valence electrons. The molecule has 2 aliphatic heterocycles. The fraction of sp³-hybridized carbons (Fsp3) is 0.692. The summed E-state index contributed by atoms with van der Waals surface area (Å²) in [6.45, 7) is 6.74. The van der Waals surface area contributed by atoms with Gasteiger partial charge in [-0.3, -0.25) is 0 Å². The predicted molar refractivity (Wildman–Crippen MR) is 83.5 cm³/mol. The molecule has 0 aromatic carbocycles. The lowest BCUT2D eigenvalue weighted by Gasteiger charge is -2.32. The molecule has 3 rings (SSSR count). The van der Waals surface area contributed by atoms with Crippen LogP contribution in [0.2, 0.25) is 0 Å². The minimum atomic E-state index is 0.729. The van der Waals surface area contributed by atoms with E-state index in [9.17, 15) is 0 Å². The number of nitrogens with one attached hydrogen (secondary N) is 1. The Kier molecular flexibility index (Phi) is 4.59. The smallest absolute Gasteiger partial charge is 0.164 e. The highest BCUT2D eigenvalue weighted by atomic mass is 32.2.